The Morgan fingerprint density at radius 3 is 2.74 bits per heavy atom. The Bertz CT molecular complexity index is 900. The Morgan fingerprint density at radius 2 is 2.07 bits per heavy atom. The lowest BCUT2D eigenvalue weighted by atomic mass is 9.58. The molecule has 1 aromatic carbocycles. The van der Waals surface area contributed by atoms with Gasteiger partial charge in [0.2, 0.25) is 5.91 Å². The number of rotatable bonds is 3. The number of amides is 1. The molecule has 138 valence electrons. The number of benzene rings is 1. The minimum Gasteiger partial charge on any atom is -0.373 e. The van der Waals surface area contributed by atoms with E-state index in [9.17, 15) is 15.2 Å². The highest BCUT2D eigenvalue weighted by Crippen LogP contribution is 2.55. The van der Waals surface area contributed by atoms with Crippen LogP contribution in [-0.4, -0.2) is 22.1 Å². The normalized spacial score (nSPS) is 30.4. The molecule has 1 N–H and O–H groups in total. The number of likely N-dealkylation sites (tertiary alicyclic amines) is 1. The number of carbonyl (C=O) groups is 1. The highest BCUT2D eigenvalue weighted by Gasteiger charge is 2.59. The molecule has 0 bridgehead atoms. The highest BCUT2D eigenvalue weighted by atomic mass is 32.1. The molecular formula is C22H22N2O2S. The van der Waals surface area contributed by atoms with E-state index in [1.165, 1.54) is 10.5 Å². The fourth-order valence-electron chi connectivity index (χ4n) is 4.55. The lowest BCUT2D eigenvalue weighted by Gasteiger charge is -2.50. The van der Waals surface area contributed by atoms with Gasteiger partial charge in [-0.3, -0.25) is 4.79 Å². The average molecular weight is 378 g/mol. The summed E-state index contributed by atoms with van der Waals surface area (Å²) in [4.78, 5) is 16.2. The molecule has 4 nitrogen and oxygen atoms in total. The van der Waals surface area contributed by atoms with Crippen LogP contribution >= 0.6 is 11.3 Å². The molecule has 1 fully saturated rings. The SMILES string of the molecule is CC1=C[C@@H]2C[C@H](O)N(Cc3ccccc3)C(=O)[C@]2(C#N)[C@@H](c2cccs2)C1. The van der Waals surface area contributed by atoms with Gasteiger partial charge in [-0.15, -0.1) is 11.3 Å². The molecule has 4 rings (SSSR count). The molecule has 1 aromatic heterocycles. The third-order valence-electron chi connectivity index (χ3n) is 5.85. The van der Waals surface area contributed by atoms with Crippen LogP contribution in [0.1, 0.15) is 36.1 Å². The Hall–Kier alpha value is -2.42. The number of aliphatic hydroxyl groups excluding tert-OH is 1. The van der Waals surface area contributed by atoms with Crippen LogP contribution in [0.3, 0.4) is 0 Å². The van der Waals surface area contributed by atoms with Gasteiger partial charge < -0.3 is 10.0 Å². The summed E-state index contributed by atoms with van der Waals surface area (Å²) in [6, 6.07) is 16.0. The summed E-state index contributed by atoms with van der Waals surface area (Å²) in [7, 11) is 0. The summed E-state index contributed by atoms with van der Waals surface area (Å²) in [5.74, 6) is -0.687. The molecule has 1 aliphatic heterocycles. The van der Waals surface area contributed by atoms with Crippen molar-refractivity contribution in [3.8, 4) is 6.07 Å². The zero-order chi connectivity index (χ0) is 19.0. The van der Waals surface area contributed by atoms with Crippen molar-refractivity contribution in [2.24, 2.45) is 11.3 Å². The predicted molar refractivity (Wildman–Crippen MR) is 105 cm³/mol. The van der Waals surface area contributed by atoms with Crippen molar-refractivity contribution in [3.05, 3.63) is 69.9 Å². The minimum absolute atomic E-state index is 0.171. The van der Waals surface area contributed by atoms with Gasteiger partial charge in [-0.1, -0.05) is 48.0 Å². The van der Waals surface area contributed by atoms with E-state index < -0.39 is 11.6 Å². The van der Waals surface area contributed by atoms with Gasteiger partial charge in [0.1, 0.15) is 11.6 Å². The minimum atomic E-state index is -1.15. The molecule has 0 saturated carbocycles. The second kappa shape index (κ2) is 6.95. The standard InChI is InChI=1S/C22H22N2O2S/c1-15-10-17-12-20(25)24(13-16-6-3-2-4-7-16)21(26)22(17,14-23)18(11-15)19-8-5-9-27-19/h2-10,17-18,20,25H,11-13H2,1H3/t17-,18-,20+,22+/m1/s1. The van der Waals surface area contributed by atoms with Crippen molar-refractivity contribution in [1.82, 2.24) is 4.90 Å². The zero-order valence-corrected chi connectivity index (χ0v) is 16.0. The van der Waals surface area contributed by atoms with Crippen LogP contribution in [0.2, 0.25) is 0 Å². The van der Waals surface area contributed by atoms with Crippen molar-refractivity contribution in [2.75, 3.05) is 0 Å². The van der Waals surface area contributed by atoms with E-state index >= 15 is 0 Å². The Morgan fingerprint density at radius 1 is 1.30 bits per heavy atom. The van der Waals surface area contributed by atoms with Gasteiger partial charge in [-0.25, -0.2) is 0 Å². The third kappa shape index (κ3) is 2.90. The average Bonchev–Trinajstić information content (AvgIpc) is 3.20. The van der Waals surface area contributed by atoms with Crippen molar-refractivity contribution in [3.63, 3.8) is 0 Å². The van der Waals surface area contributed by atoms with Crippen LogP contribution in [0.4, 0.5) is 0 Å². The molecule has 4 atom stereocenters. The number of hydrogen-bond donors (Lipinski definition) is 1. The molecular weight excluding hydrogens is 356 g/mol. The van der Waals surface area contributed by atoms with Crippen LogP contribution in [0.5, 0.6) is 0 Å². The Balaban J connectivity index is 1.77. The molecule has 5 heteroatoms. The maximum absolute atomic E-state index is 13.7. The smallest absolute Gasteiger partial charge is 0.246 e. The number of nitriles is 1. The Kier molecular flexibility index (Phi) is 4.63. The fourth-order valence-corrected chi connectivity index (χ4v) is 5.46. The molecule has 27 heavy (non-hydrogen) atoms. The monoisotopic (exact) mass is 378 g/mol. The molecule has 1 aliphatic carbocycles. The maximum Gasteiger partial charge on any atom is 0.246 e. The number of fused-ring (bicyclic) bond motifs is 1. The van der Waals surface area contributed by atoms with Crippen molar-refractivity contribution in [2.45, 2.75) is 38.5 Å². The van der Waals surface area contributed by atoms with Gasteiger partial charge in [0, 0.05) is 29.7 Å². The zero-order valence-electron chi connectivity index (χ0n) is 15.2. The number of piperidine rings is 1. The van der Waals surface area contributed by atoms with Gasteiger partial charge in [-0.05, 0) is 30.4 Å². The van der Waals surface area contributed by atoms with E-state index in [2.05, 4.69) is 13.0 Å². The first-order valence-electron chi connectivity index (χ1n) is 9.21. The van der Waals surface area contributed by atoms with E-state index in [0.29, 0.717) is 19.4 Å². The lowest BCUT2D eigenvalue weighted by Crippen LogP contribution is -2.59. The first kappa shape index (κ1) is 18.0. The largest absolute Gasteiger partial charge is 0.373 e. The Labute approximate surface area is 163 Å². The second-order valence-corrected chi connectivity index (χ2v) is 8.49. The molecule has 0 unspecified atom stereocenters. The van der Waals surface area contributed by atoms with Crippen LogP contribution in [0.15, 0.2) is 59.5 Å². The van der Waals surface area contributed by atoms with Crippen molar-refractivity contribution in [1.29, 1.82) is 5.26 Å². The molecule has 2 aliphatic rings. The lowest BCUT2D eigenvalue weighted by molar-refractivity contribution is -0.166. The van der Waals surface area contributed by atoms with E-state index in [-0.39, 0.29) is 17.7 Å². The van der Waals surface area contributed by atoms with Gasteiger partial charge in [-0.2, -0.15) is 5.26 Å². The molecule has 0 radical (unpaired) electrons. The van der Waals surface area contributed by atoms with Crippen molar-refractivity contribution < 1.29 is 9.90 Å². The van der Waals surface area contributed by atoms with Crippen LogP contribution < -0.4 is 0 Å². The summed E-state index contributed by atoms with van der Waals surface area (Å²) in [5, 5.41) is 23.0. The van der Waals surface area contributed by atoms with Gasteiger partial charge >= 0.3 is 0 Å². The highest BCUT2D eigenvalue weighted by molar-refractivity contribution is 7.10. The topological polar surface area (TPSA) is 64.3 Å². The maximum atomic E-state index is 13.7. The quantitative estimate of drug-likeness (QED) is 0.819. The first-order chi connectivity index (χ1) is 13.1. The molecule has 1 saturated heterocycles. The summed E-state index contributed by atoms with van der Waals surface area (Å²) in [6.45, 7) is 2.37. The van der Waals surface area contributed by atoms with E-state index in [1.807, 2.05) is 53.9 Å². The molecule has 2 heterocycles. The summed E-state index contributed by atoms with van der Waals surface area (Å²) in [5.41, 5.74) is 0.977. The number of thiophene rings is 1. The number of carbonyl (C=O) groups excluding carboxylic acids is 1. The second-order valence-electron chi connectivity index (χ2n) is 7.51. The van der Waals surface area contributed by atoms with Gasteiger partial charge in [0.15, 0.2) is 0 Å². The van der Waals surface area contributed by atoms with E-state index in [0.717, 1.165) is 10.4 Å². The van der Waals surface area contributed by atoms with Crippen LogP contribution in [-0.2, 0) is 11.3 Å². The number of hydrogen-bond acceptors (Lipinski definition) is 4. The van der Waals surface area contributed by atoms with Gasteiger partial charge in [0.25, 0.3) is 0 Å². The van der Waals surface area contributed by atoms with E-state index in [1.54, 1.807) is 11.3 Å². The molecule has 2 aromatic rings. The molecule has 1 amide bonds. The van der Waals surface area contributed by atoms with Gasteiger partial charge in [0.05, 0.1) is 6.07 Å². The predicted octanol–water partition coefficient (Wildman–Crippen LogP) is 4.06. The molecule has 0 spiro atoms. The number of aliphatic hydroxyl groups is 1. The summed E-state index contributed by atoms with van der Waals surface area (Å²) < 4.78 is 0. The van der Waals surface area contributed by atoms with Crippen molar-refractivity contribution >= 4 is 17.2 Å². The summed E-state index contributed by atoms with van der Waals surface area (Å²) in [6.07, 6.45) is 2.25. The van der Waals surface area contributed by atoms with E-state index in [4.69, 9.17) is 0 Å². The first-order valence-corrected chi connectivity index (χ1v) is 10.1. The summed E-state index contributed by atoms with van der Waals surface area (Å²) >= 11 is 1.60. The third-order valence-corrected chi connectivity index (χ3v) is 6.84. The number of allylic oxidation sites excluding steroid dienone is 2. The number of nitrogens with zero attached hydrogens (tertiary/aromatic N) is 2. The van der Waals surface area contributed by atoms with Crippen LogP contribution in [0, 0.1) is 22.7 Å². The fraction of sp³-hybridized carbons (Fsp3) is 0.364. The van der Waals surface area contributed by atoms with Crippen LogP contribution in [0.25, 0.3) is 0 Å².